The van der Waals surface area contributed by atoms with E-state index >= 15 is 0 Å². The summed E-state index contributed by atoms with van der Waals surface area (Å²) >= 11 is 11.4. The summed E-state index contributed by atoms with van der Waals surface area (Å²) in [4.78, 5) is 40.1. The molecule has 4 aliphatic heterocycles. The third kappa shape index (κ3) is 14.5. The van der Waals surface area contributed by atoms with Crippen LogP contribution in [0.2, 0.25) is 36.3 Å². The fraction of sp³-hybridized carbons (Fsp3) is 0.771. The monoisotopic (exact) mass is 1160 g/mol. The van der Waals surface area contributed by atoms with Gasteiger partial charge in [0.2, 0.25) is 6.80 Å². The van der Waals surface area contributed by atoms with Crippen molar-refractivity contribution in [2.75, 3.05) is 70.1 Å². The molecule has 0 aliphatic carbocycles. The number of fused-ring (bicyclic) bond motifs is 4. The van der Waals surface area contributed by atoms with Crippen molar-refractivity contribution in [1.29, 1.82) is 0 Å². The number of nitrogens with one attached hydrogen (secondary N) is 3. The van der Waals surface area contributed by atoms with Crippen molar-refractivity contribution in [1.82, 2.24) is 34.1 Å². The Kier molecular flexibility index (Phi) is 20.9. The van der Waals surface area contributed by atoms with Crippen LogP contribution in [0.25, 0.3) is 22.2 Å². The first-order chi connectivity index (χ1) is 35.1. The molecule has 4 aromatic rings. The Morgan fingerprint density at radius 2 is 1.32 bits per heavy atom. The van der Waals surface area contributed by atoms with Gasteiger partial charge in [0.15, 0.2) is 40.6 Å². The molecule has 75 heavy (non-hydrogen) atoms. The number of nitrogens with two attached hydrogens (primary N) is 1. The van der Waals surface area contributed by atoms with E-state index in [-0.39, 0.29) is 22.5 Å². The predicted octanol–water partition coefficient (Wildman–Crippen LogP) is 5.71. The molecule has 0 spiro atoms. The molecule has 4 aliphatic rings. The summed E-state index contributed by atoms with van der Waals surface area (Å²) in [5, 5.41) is 3.73. The van der Waals surface area contributed by atoms with E-state index in [0.29, 0.717) is 16.8 Å². The minimum Gasteiger partial charge on any atom is -0.780 e. The van der Waals surface area contributed by atoms with Gasteiger partial charge in [-0.2, -0.15) is 0 Å². The van der Waals surface area contributed by atoms with Crippen molar-refractivity contribution in [3.63, 3.8) is 0 Å². The summed E-state index contributed by atoms with van der Waals surface area (Å²) < 4.78 is 70.7. The normalized spacial score (nSPS) is 28.9. The number of aromatic nitrogens is 7. The molecule has 2 bridgehead atoms. The van der Waals surface area contributed by atoms with Gasteiger partial charge in [0, 0.05) is 12.7 Å². The molecule has 3 fully saturated rings. The zero-order chi connectivity index (χ0) is 55.5. The molecule has 10 atom stereocenters. The quantitative estimate of drug-likeness (QED) is 0.0756. The highest BCUT2D eigenvalue weighted by molar-refractivity contribution is 8.32. The van der Waals surface area contributed by atoms with Crippen LogP contribution in [-0.2, 0) is 71.5 Å². The van der Waals surface area contributed by atoms with E-state index < -0.39 is 85.8 Å². The number of aryl methyl sites for hydroxylation is 1. The molecule has 21 nitrogen and oxygen atoms in total. The van der Waals surface area contributed by atoms with Crippen molar-refractivity contribution in [3.8, 4) is 0 Å². The number of hydrogen-bond donors (Lipinski definition) is 4. The van der Waals surface area contributed by atoms with Crippen molar-refractivity contribution in [2.45, 2.75) is 181 Å². The fourth-order valence-electron chi connectivity index (χ4n) is 9.08. The van der Waals surface area contributed by atoms with E-state index in [1.54, 1.807) is 14.4 Å². The van der Waals surface area contributed by atoms with Gasteiger partial charge in [-0.1, -0.05) is 53.3 Å². The third-order valence-corrected chi connectivity index (χ3v) is 27.9. The minimum absolute atomic E-state index is 0.147. The molecule has 8 heterocycles. The van der Waals surface area contributed by atoms with Crippen LogP contribution in [0.15, 0.2) is 25.2 Å². The maximum atomic E-state index is 14.6. The Bertz CT molecular complexity index is 2590. The van der Waals surface area contributed by atoms with Gasteiger partial charge < -0.3 is 79.0 Å². The topological polar surface area (TPSA) is 235 Å². The molecule has 5 N–H and O–H groups in total. The van der Waals surface area contributed by atoms with Crippen LogP contribution in [0.4, 0.5) is 11.6 Å². The first kappa shape index (κ1) is 62.2. The smallest absolute Gasteiger partial charge is 0.200 e. The number of rotatable bonds is 12. The molecular formula is C48H87N11O10P2S2Si2. The molecule has 424 valence electrons. The molecule has 0 radical (unpaired) electrons. The minimum atomic E-state index is -4.45. The number of ether oxygens (including phenoxy) is 2. The van der Waals surface area contributed by atoms with E-state index in [1.165, 1.54) is 58.3 Å². The van der Waals surface area contributed by atoms with E-state index in [2.05, 4.69) is 135 Å². The second-order valence-corrected chi connectivity index (χ2v) is 37.6. The predicted molar refractivity (Wildman–Crippen MR) is 302 cm³/mol. The number of imidazole rings is 1. The van der Waals surface area contributed by atoms with Crippen LogP contribution in [0.5, 0.6) is 0 Å². The summed E-state index contributed by atoms with van der Waals surface area (Å²) in [6.07, 6.45) is -0.386. The molecule has 3 saturated heterocycles. The largest absolute Gasteiger partial charge is 0.780 e. The van der Waals surface area contributed by atoms with Gasteiger partial charge in [-0.05, 0) is 96.2 Å². The summed E-state index contributed by atoms with van der Waals surface area (Å²) in [7, 11) is -5.30. The number of quaternary nitrogens is 2. The molecule has 2 unspecified atom stereocenters. The lowest BCUT2D eigenvalue weighted by Crippen LogP contribution is -3.11. The summed E-state index contributed by atoms with van der Waals surface area (Å²) in [5.74, 6) is 0.866. The molecular weight excluding hydrogens is 1070 g/mol. The summed E-state index contributed by atoms with van der Waals surface area (Å²) in [5.41, 5.74) is 8.42. The molecule has 4 aromatic heterocycles. The average molecular weight is 1160 g/mol. The number of anilines is 2. The van der Waals surface area contributed by atoms with Crippen LogP contribution in [0.3, 0.4) is 0 Å². The first-order valence-corrected chi connectivity index (χ1v) is 37.6. The second kappa shape index (κ2) is 25.2. The molecule has 0 amide bonds. The van der Waals surface area contributed by atoms with E-state index in [9.17, 15) is 9.46 Å². The van der Waals surface area contributed by atoms with Crippen LogP contribution >= 0.6 is 13.5 Å². The average Bonchev–Trinajstić information content (AvgIpc) is 4.06. The van der Waals surface area contributed by atoms with Crippen molar-refractivity contribution in [3.05, 3.63) is 30.7 Å². The van der Waals surface area contributed by atoms with Crippen molar-refractivity contribution < 1.29 is 55.7 Å². The van der Waals surface area contributed by atoms with Gasteiger partial charge in [-0.25, -0.2) is 24.9 Å². The van der Waals surface area contributed by atoms with Gasteiger partial charge in [0.05, 0.1) is 64.2 Å². The van der Waals surface area contributed by atoms with Crippen LogP contribution in [0.1, 0.15) is 108 Å². The number of nitrogens with zero attached hydrogens (tertiary/aromatic N) is 7. The second-order valence-electron chi connectivity index (χ2n) is 22.7. The van der Waals surface area contributed by atoms with Gasteiger partial charge in [0.25, 0.3) is 0 Å². The highest BCUT2D eigenvalue weighted by Gasteiger charge is 2.56. The Hall–Kier alpha value is -2.01. The lowest BCUT2D eigenvalue weighted by atomic mass is 10.1. The first-order valence-electron chi connectivity index (χ1n) is 26.7. The van der Waals surface area contributed by atoms with E-state index in [1.807, 2.05) is 10.8 Å². The lowest BCUT2D eigenvalue weighted by molar-refractivity contribution is -0.894. The van der Waals surface area contributed by atoms with Crippen molar-refractivity contribution >= 4 is 88.0 Å². The van der Waals surface area contributed by atoms with Crippen LogP contribution in [0, 0.1) is 0 Å². The molecule has 8 rings (SSSR count). The van der Waals surface area contributed by atoms with Crippen LogP contribution < -0.4 is 25.7 Å². The fourth-order valence-corrected chi connectivity index (χ4v) is 14.5. The zero-order valence-electron chi connectivity index (χ0n) is 47.2. The van der Waals surface area contributed by atoms with Gasteiger partial charge >= 0.3 is 0 Å². The molecule has 0 aromatic carbocycles. The van der Waals surface area contributed by atoms with Gasteiger partial charge in [-0.15, -0.1) is 0 Å². The molecule has 27 heteroatoms. The Labute approximate surface area is 457 Å². The van der Waals surface area contributed by atoms with Crippen molar-refractivity contribution in [2.24, 2.45) is 0 Å². The standard InChI is InChI=1S/C36H57N9O10P2S2Si2.2C6H15N/c1-35(2,3)60(7,8)54-26-22-16-49-56(46,58)52-25-21(15-48-57(47,59)53-27(26)33(51-22)45-19-43-24-29(37)39-17-42-32(24)45)50-34(28(25)55-61(9,10)36(4,5)6)44-14-20-12-11-13-38-30-23(20)31(44)41-18-40-30;2*1-4-7(5-2)6-3/h14,17-19,21-22,25-28,33-34H,11-13,15-16H2,1-10H3,(H,46,58)(H,47,59)(H2,37,39,42)(H,38,40,41);2*4-6H2,1-3H3/t21-,22-,25-,26-,27-,28-,33-,34-,56?,57?;;/m1../s1. The van der Waals surface area contributed by atoms with Gasteiger partial charge in [-0.3, -0.25) is 9.13 Å². The highest BCUT2D eigenvalue weighted by atomic mass is 32.7. The van der Waals surface area contributed by atoms with Gasteiger partial charge in [0.1, 0.15) is 73.0 Å². The van der Waals surface area contributed by atoms with E-state index in [0.717, 1.165) is 36.2 Å². The SMILES string of the molecule is CC(C)(C)[Si](C)(C)O[C@@H]1[C@@H]2OP([O-])(=S)OC[C@H]3O[C@@H](n4cnc5c(N)ncnc54)[C@H](OP(=O)([S-])OC[C@H]2O[C@H]1n1cc2c4c(ncnc41)NCCC2)[C@@H]3O[Si](C)(C)C(C)(C)C.CC[NH+](CC)CC.CC[NH+](CC)CC. The lowest BCUT2D eigenvalue weighted by Gasteiger charge is -2.42. The summed E-state index contributed by atoms with van der Waals surface area (Å²) in [6, 6.07) is 0. The molecule has 0 saturated carbocycles. The Morgan fingerprint density at radius 1 is 0.773 bits per heavy atom. The Morgan fingerprint density at radius 3 is 1.89 bits per heavy atom. The third-order valence-electron chi connectivity index (χ3n) is 15.9. The maximum absolute atomic E-state index is 14.6. The van der Waals surface area contributed by atoms with Crippen LogP contribution in [-0.4, -0.2) is 146 Å². The number of nitrogen functional groups attached to an aromatic ring is 1. The summed E-state index contributed by atoms with van der Waals surface area (Å²) in [6.45, 7) is 33.0. The highest BCUT2D eigenvalue weighted by Crippen LogP contribution is 2.56. The Balaban J connectivity index is 0.000000575. The zero-order valence-corrected chi connectivity index (χ0v) is 52.6. The van der Waals surface area contributed by atoms with E-state index in [4.69, 9.17) is 71.2 Å². The number of hydrogen-bond acceptors (Lipinski definition) is 19. The maximum Gasteiger partial charge on any atom is 0.200 e.